The van der Waals surface area contributed by atoms with Gasteiger partial charge in [0.05, 0.1) is 17.4 Å². The monoisotopic (exact) mass is 514 g/mol. The molecular weight excluding hydrogens is 480 g/mol. The Morgan fingerprint density at radius 3 is 2.39 bits per heavy atom. The quantitative estimate of drug-likeness (QED) is 0.343. The second-order valence-electron chi connectivity index (χ2n) is 10.7. The Morgan fingerprint density at radius 1 is 0.868 bits per heavy atom. The fourth-order valence-electron chi connectivity index (χ4n) is 6.68. The van der Waals surface area contributed by atoms with Crippen LogP contribution in [-0.4, -0.2) is 16.9 Å². The van der Waals surface area contributed by atoms with E-state index < -0.39 is 0 Å². The van der Waals surface area contributed by atoms with E-state index in [0.717, 1.165) is 19.3 Å². The van der Waals surface area contributed by atoms with Crippen LogP contribution in [0, 0.1) is 0 Å². The summed E-state index contributed by atoms with van der Waals surface area (Å²) in [5.41, 5.74) is 12.8. The molecule has 2 heterocycles. The summed E-state index contributed by atoms with van der Waals surface area (Å²) < 4.78 is 2.56. The van der Waals surface area contributed by atoms with E-state index in [9.17, 15) is 0 Å². The van der Waals surface area contributed by atoms with E-state index in [-0.39, 0.29) is 6.04 Å². The van der Waals surface area contributed by atoms with Crippen molar-refractivity contribution in [3.05, 3.63) is 124 Å². The second-order valence-corrected chi connectivity index (χ2v) is 11.5. The molecule has 3 heteroatoms. The lowest BCUT2D eigenvalue weighted by Gasteiger charge is -2.31. The van der Waals surface area contributed by atoms with Gasteiger partial charge in [-0.3, -0.25) is 4.57 Å². The summed E-state index contributed by atoms with van der Waals surface area (Å²) in [5, 5.41) is 4.02. The van der Waals surface area contributed by atoms with Crippen molar-refractivity contribution in [1.29, 1.82) is 0 Å². The molecule has 0 spiro atoms. The number of thioether (sulfide) groups is 1. The molecule has 1 aliphatic heterocycles. The maximum atomic E-state index is 4.02. The molecule has 0 amide bonds. The van der Waals surface area contributed by atoms with E-state index in [1.165, 1.54) is 81.2 Å². The molecular formula is C35H34N2S. The van der Waals surface area contributed by atoms with E-state index in [1.54, 1.807) is 5.56 Å². The Kier molecular flexibility index (Phi) is 6.25. The van der Waals surface area contributed by atoms with Crippen LogP contribution >= 0.6 is 11.8 Å². The average molecular weight is 515 g/mol. The first-order chi connectivity index (χ1) is 18.8. The first-order valence-corrected chi connectivity index (χ1v) is 15.2. The Hall–Kier alpha value is -3.43. The van der Waals surface area contributed by atoms with Crippen LogP contribution in [0.1, 0.15) is 65.7 Å². The number of allylic oxidation sites excluding steroid dienone is 5. The summed E-state index contributed by atoms with van der Waals surface area (Å²) in [4.78, 5) is 1.42. The highest BCUT2D eigenvalue weighted by atomic mass is 32.2. The number of nitrogens with one attached hydrogen (secondary N) is 1. The molecule has 38 heavy (non-hydrogen) atoms. The highest BCUT2D eigenvalue weighted by Gasteiger charge is 2.33. The van der Waals surface area contributed by atoms with Crippen molar-refractivity contribution in [1.82, 2.24) is 9.88 Å². The van der Waals surface area contributed by atoms with Gasteiger partial charge in [-0.15, -0.1) is 11.8 Å². The summed E-state index contributed by atoms with van der Waals surface area (Å²) in [6, 6.07) is 22.1. The maximum absolute atomic E-state index is 4.02. The van der Waals surface area contributed by atoms with Gasteiger partial charge in [0.1, 0.15) is 5.82 Å². The molecule has 3 aromatic rings. The summed E-state index contributed by atoms with van der Waals surface area (Å²) in [6.45, 7) is 0. The zero-order valence-corrected chi connectivity index (χ0v) is 22.9. The van der Waals surface area contributed by atoms with E-state index >= 15 is 0 Å². The van der Waals surface area contributed by atoms with Crippen molar-refractivity contribution in [2.24, 2.45) is 0 Å². The van der Waals surface area contributed by atoms with Gasteiger partial charge in [0.2, 0.25) is 0 Å². The molecule has 0 radical (unpaired) electrons. The van der Waals surface area contributed by atoms with Crippen LogP contribution in [0.3, 0.4) is 0 Å². The molecule has 2 aromatic carbocycles. The van der Waals surface area contributed by atoms with Gasteiger partial charge in [-0.05, 0) is 102 Å². The third-order valence-electron chi connectivity index (χ3n) is 8.48. The third-order valence-corrected chi connectivity index (χ3v) is 9.33. The van der Waals surface area contributed by atoms with E-state index in [1.807, 2.05) is 11.8 Å². The smallest absolute Gasteiger partial charge is 0.112 e. The molecule has 0 saturated carbocycles. The van der Waals surface area contributed by atoms with Gasteiger partial charge >= 0.3 is 0 Å². The van der Waals surface area contributed by atoms with Crippen LogP contribution in [0.15, 0.2) is 90.5 Å². The molecule has 0 bridgehead atoms. The Labute approximate surface area is 230 Å². The lowest BCUT2D eigenvalue weighted by molar-refractivity contribution is 0.638. The molecule has 0 fully saturated rings. The normalized spacial score (nSPS) is 20.3. The fourth-order valence-corrected chi connectivity index (χ4v) is 7.55. The first-order valence-electron chi connectivity index (χ1n) is 14.0. The second kappa shape index (κ2) is 10.0. The van der Waals surface area contributed by atoms with Crippen molar-refractivity contribution in [2.75, 3.05) is 6.26 Å². The molecule has 3 aliphatic carbocycles. The molecule has 0 saturated heterocycles. The number of dihydropyridines is 1. The largest absolute Gasteiger partial charge is 0.361 e. The van der Waals surface area contributed by atoms with E-state index in [4.69, 9.17) is 0 Å². The van der Waals surface area contributed by atoms with Crippen molar-refractivity contribution in [3.63, 3.8) is 0 Å². The van der Waals surface area contributed by atoms with Crippen LogP contribution in [0.2, 0.25) is 0 Å². The van der Waals surface area contributed by atoms with Gasteiger partial charge in [-0.1, -0.05) is 78.9 Å². The van der Waals surface area contributed by atoms with Gasteiger partial charge in [0, 0.05) is 4.91 Å². The SMILES string of the molecule is CSC1=C(c2ccccc2)CCc2c3c(n(C4=CC(c5ccccc5)=CC(C5=CCCCC5)N4)c21)C=CC3. The Bertz CT molecular complexity index is 1530. The third kappa shape index (κ3) is 4.05. The molecule has 1 aromatic heterocycles. The van der Waals surface area contributed by atoms with Crippen molar-refractivity contribution in [2.45, 2.75) is 51.0 Å². The molecule has 1 N–H and O–H groups in total. The minimum absolute atomic E-state index is 0.225. The van der Waals surface area contributed by atoms with Crippen molar-refractivity contribution < 1.29 is 0 Å². The summed E-state index contributed by atoms with van der Waals surface area (Å²) in [6.07, 6.45) is 22.5. The number of hydrogen-bond acceptors (Lipinski definition) is 2. The Balaban J connectivity index is 1.43. The number of nitrogens with zero attached hydrogens (tertiary/aromatic N) is 1. The van der Waals surface area contributed by atoms with Crippen LogP contribution in [0.5, 0.6) is 0 Å². The Morgan fingerprint density at radius 2 is 1.66 bits per heavy atom. The van der Waals surface area contributed by atoms with Crippen LogP contribution in [0.4, 0.5) is 0 Å². The van der Waals surface area contributed by atoms with Gasteiger partial charge in [0.25, 0.3) is 0 Å². The van der Waals surface area contributed by atoms with Crippen molar-refractivity contribution in [3.8, 4) is 0 Å². The number of hydrogen-bond donors (Lipinski definition) is 1. The standard InChI is InChI=1S/C35H34N2S/c1-38-35-28(25-14-7-3-8-15-25)20-21-30-29-18-11-19-32(29)37(34(30)35)33-23-27(24-12-5-2-6-13-24)22-31(36-33)26-16-9-4-10-17-26/h2-3,5-8,11-16,19,22-23,31,36H,4,9-10,17-18,20-21H2,1H3. The van der Waals surface area contributed by atoms with Crippen LogP contribution in [0.25, 0.3) is 27.9 Å². The van der Waals surface area contributed by atoms with Crippen LogP contribution < -0.4 is 5.32 Å². The van der Waals surface area contributed by atoms with E-state index in [2.05, 4.69) is 107 Å². The minimum atomic E-state index is 0.225. The zero-order valence-electron chi connectivity index (χ0n) is 22.0. The van der Waals surface area contributed by atoms with Gasteiger partial charge < -0.3 is 5.32 Å². The molecule has 190 valence electrons. The highest BCUT2D eigenvalue weighted by Crippen LogP contribution is 2.48. The topological polar surface area (TPSA) is 17.0 Å². The zero-order chi connectivity index (χ0) is 25.5. The summed E-state index contributed by atoms with van der Waals surface area (Å²) in [7, 11) is 0. The fraction of sp³-hybridized carbons (Fsp3) is 0.257. The molecule has 4 aliphatic rings. The predicted octanol–water partition coefficient (Wildman–Crippen LogP) is 8.59. The summed E-state index contributed by atoms with van der Waals surface area (Å²) in [5.74, 6) is 1.20. The molecule has 7 rings (SSSR count). The average Bonchev–Trinajstić information content (AvgIpc) is 3.59. The van der Waals surface area contributed by atoms with Crippen molar-refractivity contribution >= 4 is 39.7 Å². The molecule has 2 nitrogen and oxygen atoms in total. The predicted molar refractivity (Wildman–Crippen MR) is 164 cm³/mol. The van der Waals surface area contributed by atoms with Crippen LogP contribution in [-0.2, 0) is 12.8 Å². The van der Waals surface area contributed by atoms with Gasteiger partial charge in [0.15, 0.2) is 0 Å². The lowest BCUT2D eigenvalue weighted by Crippen LogP contribution is -2.34. The number of aromatic nitrogens is 1. The minimum Gasteiger partial charge on any atom is -0.361 e. The number of benzene rings is 2. The lowest BCUT2D eigenvalue weighted by atomic mass is 9.89. The molecule has 1 unspecified atom stereocenters. The van der Waals surface area contributed by atoms with Gasteiger partial charge in [-0.2, -0.15) is 0 Å². The highest BCUT2D eigenvalue weighted by molar-refractivity contribution is 8.07. The van der Waals surface area contributed by atoms with Gasteiger partial charge in [-0.25, -0.2) is 0 Å². The number of rotatable bonds is 5. The maximum Gasteiger partial charge on any atom is 0.112 e. The molecule has 1 atom stereocenters. The summed E-state index contributed by atoms with van der Waals surface area (Å²) >= 11 is 1.91. The van der Waals surface area contributed by atoms with E-state index in [0.29, 0.717) is 0 Å². The first kappa shape index (κ1) is 23.7. The number of fused-ring (bicyclic) bond motifs is 3.